The molecule has 1 aromatic heterocycles. The van der Waals surface area contributed by atoms with Crippen molar-refractivity contribution in [3.05, 3.63) is 58.3 Å². The molecule has 0 fully saturated rings. The maximum Gasteiger partial charge on any atom is 0.328 e. The Bertz CT molecular complexity index is 716. The van der Waals surface area contributed by atoms with Crippen LogP contribution in [-0.2, 0) is 14.3 Å². The number of carbonyl (C=O) groups is 3. The SMILES string of the molecule is CC(NC(=O)c1cccs1)C(=O)OCC(=O)NC(C)c1ccccc1. The number of benzene rings is 1. The highest BCUT2D eigenvalue weighted by Crippen LogP contribution is 2.11. The monoisotopic (exact) mass is 360 g/mol. The predicted molar refractivity (Wildman–Crippen MR) is 95.2 cm³/mol. The Labute approximate surface area is 150 Å². The van der Waals surface area contributed by atoms with Gasteiger partial charge in [-0.2, -0.15) is 0 Å². The summed E-state index contributed by atoms with van der Waals surface area (Å²) in [7, 11) is 0. The first-order valence-corrected chi connectivity index (χ1v) is 8.70. The van der Waals surface area contributed by atoms with Gasteiger partial charge in [0.2, 0.25) is 0 Å². The summed E-state index contributed by atoms with van der Waals surface area (Å²) in [5.74, 6) is -1.41. The van der Waals surface area contributed by atoms with Crippen molar-refractivity contribution in [1.29, 1.82) is 0 Å². The van der Waals surface area contributed by atoms with E-state index >= 15 is 0 Å². The fourth-order valence-electron chi connectivity index (χ4n) is 2.10. The number of nitrogens with one attached hydrogen (secondary N) is 2. The first kappa shape index (κ1) is 18.7. The molecule has 1 aromatic carbocycles. The number of hydrogen-bond acceptors (Lipinski definition) is 5. The van der Waals surface area contributed by atoms with E-state index in [1.807, 2.05) is 37.3 Å². The van der Waals surface area contributed by atoms with Gasteiger partial charge in [-0.05, 0) is 30.9 Å². The van der Waals surface area contributed by atoms with E-state index in [0.29, 0.717) is 4.88 Å². The zero-order chi connectivity index (χ0) is 18.2. The van der Waals surface area contributed by atoms with Crippen LogP contribution in [0.5, 0.6) is 0 Å². The van der Waals surface area contributed by atoms with E-state index < -0.39 is 24.5 Å². The Morgan fingerprint density at radius 2 is 1.76 bits per heavy atom. The van der Waals surface area contributed by atoms with E-state index in [1.165, 1.54) is 18.3 Å². The lowest BCUT2D eigenvalue weighted by Gasteiger charge is -2.16. The highest BCUT2D eigenvalue weighted by atomic mass is 32.1. The van der Waals surface area contributed by atoms with E-state index in [4.69, 9.17) is 4.74 Å². The average molecular weight is 360 g/mol. The molecule has 0 spiro atoms. The van der Waals surface area contributed by atoms with Gasteiger partial charge in [-0.1, -0.05) is 36.4 Å². The molecular weight excluding hydrogens is 340 g/mol. The van der Waals surface area contributed by atoms with Crippen LogP contribution >= 0.6 is 11.3 Å². The summed E-state index contributed by atoms with van der Waals surface area (Å²) in [6.45, 7) is 2.96. The molecule has 1 heterocycles. The molecule has 0 aliphatic heterocycles. The number of carbonyl (C=O) groups excluding carboxylic acids is 3. The highest BCUT2D eigenvalue weighted by Gasteiger charge is 2.20. The van der Waals surface area contributed by atoms with E-state index in [1.54, 1.807) is 17.5 Å². The van der Waals surface area contributed by atoms with E-state index in [-0.39, 0.29) is 11.9 Å². The molecule has 2 atom stereocenters. The van der Waals surface area contributed by atoms with E-state index in [0.717, 1.165) is 5.56 Å². The van der Waals surface area contributed by atoms with Gasteiger partial charge in [0.1, 0.15) is 6.04 Å². The number of thiophene rings is 1. The molecule has 2 N–H and O–H groups in total. The van der Waals surface area contributed by atoms with Gasteiger partial charge in [0.05, 0.1) is 10.9 Å². The zero-order valence-electron chi connectivity index (χ0n) is 14.0. The van der Waals surface area contributed by atoms with Crippen LogP contribution in [0.15, 0.2) is 47.8 Å². The van der Waals surface area contributed by atoms with Crippen molar-refractivity contribution in [3.63, 3.8) is 0 Å². The number of amides is 2. The van der Waals surface area contributed by atoms with Gasteiger partial charge in [0, 0.05) is 0 Å². The molecule has 0 saturated carbocycles. The Morgan fingerprint density at radius 3 is 2.40 bits per heavy atom. The van der Waals surface area contributed by atoms with Gasteiger partial charge in [-0.25, -0.2) is 4.79 Å². The molecule has 6 nitrogen and oxygen atoms in total. The van der Waals surface area contributed by atoms with Crippen LogP contribution in [0.4, 0.5) is 0 Å². The zero-order valence-corrected chi connectivity index (χ0v) is 14.8. The summed E-state index contributed by atoms with van der Waals surface area (Å²) in [5.41, 5.74) is 0.957. The van der Waals surface area contributed by atoms with Crippen molar-refractivity contribution >= 4 is 29.1 Å². The van der Waals surface area contributed by atoms with Crippen molar-refractivity contribution in [1.82, 2.24) is 10.6 Å². The molecular formula is C18H20N2O4S. The van der Waals surface area contributed by atoms with Crippen LogP contribution in [0, 0.1) is 0 Å². The van der Waals surface area contributed by atoms with Crippen molar-refractivity contribution < 1.29 is 19.1 Å². The molecule has 2 aromatic rings. The predicted octanol–water partition coefficient (Wildman–Crippen LogP) is 2.29. The van der Waals surface area contributed by atoms with Crippen LogP contribution in [0.2, 0.25) is 0 Å². The largest absolute Gasteiger partial charge is 0.454 e. The summed E-state index contributed by atoms with van der Waals surface area (Å²) in [6.07, 6.45) is 0. The second-order valence-corrected chi connectivity index (χ2v) is 6.43. The van der Waals surface area contributed by atoms with Crippen LogP contribution in [0.3, 0.4) is 0 Å². The van der Waals surface area contributed by atoms with Gasteiger partial charge in [-0.3, -0.25) is 9.59 Å². The van der Waals surface area contributed by atoms with Gasteiger partial charge in [0.15, 0.2) is 6.61 Å². The fraction of sp³-hybridized carbons (Fsp3) is 0.278. The lowest BCUT2D eigenvalue weighted by molar-refractivity contribution is -0.150. The van der Waals surface area contributed by atoms with Crippen molar-refractivity contribution in [2.24, 2.45) is 0 Å². The van der Waals surface area contributed by atoms with Gasteiger partial charge in [0.25, 0.3) is 11.8 Å². The first-order valence-electron chi connectivity index (χ1n) is 7.82. The lowest BCUT2D eigenvalue weighted by atomic mass is 10.1. The highest BCUT2D eigenvalue weighted by molar-refractivity contribution is 7.12. The topological polar surface area (TPSA) is 84.5 Å². The Hall–Kier alpha value is -2.67. The standard InChI is InChI=1S/C18H20N2O4S/c1-12(14-7-4-3-5-8-14)19-16(21)11-24-18(23)13(2)20-17(22)15-9-6-10-25-15/h3-10,12-13H,11H2,1-2H3,(H,19,21)(H,20,22). The Kier molecular flexibility index (Phi) is 6.71. The number of rotatable bonds is 7. The normalized spacial score (nSPS) is 12.7. The quantitative estimate of drug-likeness (QED) is 0.742. The molecule has 132 valence electrons. The third-order valence-corrected chi connectivity index (χ3v) is 4.34. The van der Waals surface area contributed by atoms with Crippen LogP contribution < -0.4 is 10.6 Å². The summed E-state index contributed by atoms with van der Waals surface area (Å²) in [6, 6.07) is 11.9. The summed E-state index contributed by atoms with van der Waals surface area (Å²) in [5, 5.41) is 7.06. The number of esters is 1. The molecule has 25 heavy (non-hydrogen) atoms. The molecule has 0 aliphatic carbocycles. The lowest BCUT2D eigenvalue weighted by Crippen LogP contribution is -2.41. The van der Waals surface area contributed by atoms with E-state index in [9.17, 15) is 14.4 Å². The Balaban J connectivity index is 1.75. The maximum absolute atomic E-state index is 11.9. The Morgan fingerprint density at radius 1 is 1.04 bits per heavy atom. The van der Waals surface area contributed by atoms with Gasteiger partial charge >= 0.3 is 5.97 Å². The molecule has 0 aliphatic rings. The van der Waals surface area contributed by atoms with Crippen LogP contribution in [0.25, 0.3) is 0 Å². The molecule has 0 bridgehead atoms. The smallest absolute Gasteiger partial charge is 0.328 e. The summed E-state index contributed by atoms with van der Waals surface area (Å²) < 4.78 is 4.96. The average Bonchev–Trinajstić information content (AvgIpc) is 3.15. The van der Waals surface area contributed by atoms with Crippen molar-refractivity contribution in [2.45, 2.75) is 25.9 Å². The maximum atomic E-state index is 11.9. The molecule has 0 saturated heterocycles. The number of hydrogen-bond donors (Lipinski definition) is 2. The minimum atomic E-state index is -0.839. The van der Waals surface area contributed by atoms with Gasteiger partial charge < -0.3 is 15.4 Å². The fourth-order valence-corrected chi connectivity index (χ4v) is 2.73. The third-order valence-electron chi connectivity index (χ3n) is 3.47. The van der Waals surface area contributed by atoms with Crippen LogP contribution in [-0.4, -0.2) is 30.4 Å². The molecule has 2 rings (SSSR count). The molecule has 2 amide bonds. The summed E-state index contributed by atoms with van der Waals surface area (Å²) in [4.78, 5) is 36.2. The van der Waals surface area contributed by atoms with Gasteiger partial charge in [-0.15, -0.1) is 11.3 Å². The minimum absolute atomic E-state index is 0.191. The third kappa shape index (κ3) is 5.72. The first-order chi connectivity index (χ1) is 12.0. The van der Waals surface area contributed by atoms with Crippen molar-refractivity contribution in [3.8, 4) is 0 Å². The van der Waals surface area contributed by atoms with Crippen LogP contribution in [0.1, 0.15) is 35.1 Å². The minimum Gasteiger partial charge on any atom is -0.454 e. The molecule has 2 unspecified atom stereocenters. The van der Waals surface area contributed by atoms with E-state index in [2.05, 4.69) is 10.6 Å². The summed E-state index contributed by atoms with van der Waals surface area (Å²) >= 11 is 1.28. The molecule has 7 heteroatoms. The molecule has 0 radical (unpaired) electrons. The van der Waals surface area contributed by atoms with Crippen molar-refractivity contribution in [2.75, 3.05) is 6.61 Å². The second kappa shape index (κ2) is 8.98. The second-order valence-electron chi connectivity index (χ2n) is 5.48. The number of ether oxygens (including phenoxy) is 1.